The van der Waals surface area contributed by atoms with Gasteiger partial charge in [0.25, 0.3) is 11.5 Å². The topological polar surface area (TPSA) is 98.7 Å². The highest BCUT2D eigenvalue weighted by Crippen LogP contribution is 2.24. The average molecular weight is 461 g/mol. The molecule has 0 bridgehead atoms. The summed E-state index contributed by atoms with van der Waals surface area (Å²) in [6.07, 6.45) is 3.57. The Bertz CT molecular complexity index is 1270. The first-order chi connectivity index (χ1) is 14.5. The number of benzene rings is 2. The minimum Gasteiger partial charge on any atom is -0.457 e. The van der Waals surface area contributed by atoms with Crippen LogP contribution in [0.5, 0.6) is 11.5 Å². The number of ether oxygens (including phenoxy) is 1. The SMILES string of the molecule is Cl.NCCc1ccc(Oc2ccc(F)c(C(=O)Nc3cnc4sccn4c3=O)c2)cc1. The maximum Gasteiger partial charge on any atom is 0.282 e. The first kappa shape index (κ1) is 22.4. The second-order valence-corrected chi connectivity index (χ2v) is 7.29. The summed E-state index contributed by atoms with van der Waals surface area (Å²) in [6.45, 7) is 0.551. The molecule has 2 aromatic heterocycles. The van der Waals surface area contributed by atoms with Crippen LogP contribution < -0.4 is 21.3 Å². The molecule has 1 amide bonds. The van der Waals surface area contributed by atoms with Crippen molar-refractivity contribution in [1.82, 2.24) is 9.38 Å². The van der Waals surface area contributed by atoms with Gasteiger partial charge < -0.3 is 15.8 Å². The third-order valence-corrected chi connectivity index (χ3v) is 5.14. The molecule has 10 heteroatoms. The number of nitrogens with one attached hydrogen (secondary N) is 1. The molecule has 0 atom stereocenters. The van der Waals surface area contributed by atoms with E-state index in [1.165, 1.54) is 34.1 Å². The highest BCUT2D eigenvalue weighted by Gasteiger charge is 2.16. The van der Waals surface area contributed by atoms with Gasteiger partial charge in [0.05, 0.1) is 11.8 Å². The lowest BCUT2D eigenvalue weighted by molar-refractivity contribution is 0.102. The maximum atomic E-state index is 14.3. The Morgan fingerprint density at radius 2 is 1.94 bits per heavy atom. The highest BCUT2D eigenvalue weighted by atomic mass is 35.5. The molecule has 0 spiro atoms. The van der Waals surface area contributed by atoms with Crippen LogP contribution in [0.25, 0.3) is 4.96 Å². The predicted molar refractivity (Wildman–Crippen MR) is 120 cm³/mol. The quantitative estimate of drug-likeness (QED) is 0.455. The van der Waals surface area contributed by atoms with Gasteiger partial charge >= 0.3 is 0 Å². The zero-order valence-corrected chi connectivity index (χ0v) is 17.7. The largest absolute Gasteiger partial charge is 0.457 e. The van der Waals surface area contributed by atoms with E-state index in [1.54, 1.807) is 23.7 Å². The molecule has 0 fully saturated rings. The number of carbonyl (C=O) groups is 1. The number of halogens is 2. The van der Waals surface area contributed by atoms with Gasteiger partial charge in [-0.05, 0) is 48.9 Å². The van der Waals surface area contributed by atoms with Gasteiger partial charge in [-0.15, -0.1) is 23.7 Å². The van der Waals surface area contributed by atoms with Crippen LogP contribution >= 0.6 is 23.7 Å². The van der Waals surface area contributed by atoms with Gasteiger partial charge in [0, 0.05) is 11.6 Å². The fraction of sp³-hybridized carbons (Fsp3) is 0.0952. The molecule has 2 heterocycles. The lowest BCUT2D eigenvalue weighted by atomic mass is 10.1. The predicted octanol–water partition coefficient (Wildman–Crippen LogP) is 3.86. The summed E-state index contributed by atoms with van der Waals surface area (Å²) in [5, 5.41) is 4.13. The molecular formula is C21H18ClFN4O3S. The van der Waals surface area contributed by atoms with Gasteiger partial charge in [0.1, 0.15) is 23.0 Å². The number of rotatable bonds is 6. The van der Waals surface area contributed by atoms with E-state index in [-0.39, 0.29) is 29.4 Å². The van der Waals surface area contributed by atoms with Crippen LogP contribution in [0.3, 0.4) is 0 Å². The molecular weight excluding hydrogens is 443 g/mol. The third-order valence-electron chi connectivity index (χ3n) is 4.37. The average Bonchev–Trinajstić information content (AvgIpc) is 3.23. The van der Waals surface area contributed by atoms with Crippen LogP contribution in [-0.4, -0.2) is 21.8 Å². The maximum absolute atomic E-state index is 14.3. The Morgan fingerprint density at radius 3 is 2.68 bits per heavy atom. The van der Waals surface area contributed by atoms with E-state index in [9.17, 15) is 14.0 Å². The Morgan fingerprint density at radius 1 is 1.19 bits per heavy atom. The minimum absolute atomic E-state index is 0. The van der Waals surface area contributed by atoms with Crippen molar-refractivity contribution in [3.05, 3.63) is 87.5 Å². The van der Waals surface area contributed by atoms with Crippen molar-refractivity contribution in [3.8, 4) is 11.5 Å². The van der Waals surface area contributed by atoms with Gasteiger partial charge in [-0.2, -0.15) is 0 Å². The number of nitrogens with zero attached hydrogens (tertiary/aromatic N) is 2. The molecule has 4 aromatic rings. The Hall–Kier alpha value is -3.27. The number of thiazole rings is 1. The summed E-state index contributed by atoms with van der Waals surface area (Å²) in [6, 6.07) is 11.2. The molecule has 2 aromatic carbocycles. The zero-order chi connectivity index (χ0) is 21.1. The second-order valence-electron chi connectivity index (χ2n) is 6.41. The lowest BCUT2D eigenvalue weighted by Gasteiger charge is -2.10. The molecule has 0 saturated heterocycles. The zero-order valence-electron chi connectivity index (χ0n) is 16.1. The number of fused-ring (bicyclic) bond motifs is 1. The fourth-order valence-corrected chi connectivity index (χ4v) is 3.54. The normalized spacial score (nSPS) is 10.5. The number of carbonyl (C=O) groups excluding carboxylic acids is 1. The second kappa shape index (κ2) is 9.69. The first-order valence-electron chi connectivity index (χ1n) is 9.08. The van der Waals surface area contributed by atoms with Crippen molar-refractivity contribution in [2.24, 2.45) is 5.73 Å². The van der Waals surface area contributed by atoms with Crippen molar-refractivity contribution < 1.29 is 13.9 Å². The molecule has 0 radical (unpaired) electrons. The van der Waals surface area contributed by atoms with Crippen LogP contribution in [0.15, 0.2) is 65.0 Å². The monoisotopic (exact) mass is 460 g/mol. The number of hydrogen-bond donors (Lipinski definition) is 2. The number of nitrogens with two attached hydrogens (primary N) is 1. The Labute approximate surface area is 186 Å². The van der Waals surface area contributed by atoms with E-state index in [1.807, 2.05) is 12.1 Å². The van der Waals surface area contributed by atoms with Gasteiger partial charge in [-0.1, -0.05) is 12.1 Å². The Balaban J connectivity index is 0.00000272. The summed E-state index contributed by atoms with van der Waals surface area (Å²) in [4.78, 5) is 29.6. The molecule has 0 saturated carbocycles. The molecule has 3 N–H and O–H groups in total. The van der Waals surface area contributed by atoms with Crippen LogP contribution in [-0.2, 0) is 6.42 Å². The van der Waals surface area contributed by atoms with E-state index in [2.05, 4.69) is 10.3 Å². The number of anilines is 1. The van der Waals surface area contributed by atoms with Crippen molar-refractivity contribution >= 4 is 40.3 Å². The Kier molecular flexibility index (Phi) is 7.01. The number of amides is 1. The van der Waals surface area contributed by atoms with Gasteiger partial charge in [0.15, 0.2) is 4.96 Å². The van der Waals surface area contributed by atoms with E-state index in [0.717, 1.165) is 18.1 Å². The summed E-state index contributed by atoms with van der Waals surface area (Å²) >= 11 is 1.29. The van der Waals surface area contributed by atoms with E-state index in [0.29, 0.717) is 17.3 Å². The van der Waals surface area contributed by atoms with Crippen LogP contribution in [0.4, 0.5) is 10.1 Å². The first-order valence-corrected chi connectivity index (χ1v) is 9.96. The smallest absolute Gasteiger partial charge is 0.282 e. The highest BCUT2D eigenvalue weighted by molar-refractivity contribution is 7.15. The summed E-state index contributed by atoms with van der Waals surface area (Å²) < 4.78 is 21.3. The number of aromatic nitrogens is 2. The molecule has 0 aliphatic heterocycles. The van der Waals surface area contributed by atoms with Crippen molar-refractivity contribution in [2.75, 3.05) is 11.9 Å². The van der Waals surface area contributed by atoms with Crippen LogP contribution in [0, 0.1) is 5.82 Å². The molecule has 4 rings (SSSR count). The number of hydrogen-bond acceptors (Lipinski definition) is 6. The molecule has 0 aliphatic carbocycles. The molecule has 0 unspecified atom stereocenters. The minimum atomic E-state index is -0.773. The molecule has 0 aliphatic rings. The van der Waals surface area contributed by atoms with Crippen molar-refractivity contribution in [1.29, 1.82) is 0 Å². The van der Waals surface area contributed by atoms with Gasteiger partial charge in [-0.3, -0.25) is 14.0 Å². The van der Waals surface area contributed by atoms with Crippen molar-refractivity contribution in [3.63, 3.8) is 0 Å². The van der Waals surface area contributed by atoms with Gasteiger partial charge in [0.2, 0.25) is 0 Å². The molecule has 7 nitrogen and oxygen atoms in total. The van der Waals surface area contributed by atoms with Crippen LogP contribution in [0.2, 0.25) is 0 Å². The standard InChI is InChI=1S/C21H17FN4O3S.ClH/c22-17-6-5-15(29-14-3-1-13(2-4-14)7-8-23)11-16(17)19(27)25-18-12-24-21-26(20(18)28)9-10-30-21;/h1-6,9-12H,7-8,23H2,(H,25,27);1H. The lowest BCUT2D eigenvalue weighted by Crippen LogP contribution is -2.23. The summed E-state index contributed by atoms with van der Waals surface area (Å²) in [5.74, 6) is -0.677. The van der Waals surface area contributed by atoms with Crippen molar-refractivity contribution in [2.45, 2.75) is 6.42 Å². The van der Waals surface area contributed by atoms with E-state index < -0.39 is 17.3 Å². The summed E-state index contributed by atoms with van der Waals surface area (Å²) in [7, 11) is 0. The van der Waals surface area contributed by atoms with E-state index in [4.69, 9.17) is 10.5 Å². The van der Waals surface area contributed by atoms with Gasteiger partial charge in [-0.25, -0.2) is 9.37 Å². The third kappa shape index (κ3) is 4.91. The summed E-state index contributed by atoms with van der Waals surface area (Å²) in [5.41, 5.74) is 5.88. The van der Waals surface area contributed by atoms with Crippen LogP contribution in [0.1, 0.15) is 15.9 Å². The fourth-order valence-electron chi connectivity index (χ4n) is 2.87. The van der Waals surface area contributed by atoms with E-state index >= 15 is 0 Å². The molecule has 31 heavy (non-hydrogen) atoms. The molecule has 160 valence electrons.